The molecule has 0 aromatic rings. The summed E-state index contributed by atoms with van der Waals surface area (Å²) in [7, 11) is 0. The van der Waals surface area contributed by atoms with Crippen LogP contribution >= 0.6 is 0 Å². The van der Waals surface area contributed by atoms with E-state index in [4.69, 9.17) is 9.75 Å². The molecule has 0 bridgehead atoms. The van der Waals surface area contributed by atoms with Crippen LogP contribution in [0.25, 0.3) is 0 Å². The van der Waals surface area contributed by atoms with E-state index in [9.17, 15) is 0 Å². The van der Waals surface area contributed by atoms with Crippen molar-refractivity contribution in [1.82, 2.24) is 0 Å². The van der Waals surface area contributed by atoms with Crippen LogP contribution in [-0.4, -0.2) is 18.9 Å². The van der Waals surface area contributed by atoms with Gasteiger partial charge in [-0.1, -0.05) is 0 Å². The number of hydrogen-bond acceptors (Lipinski definition) is 3. The first-order chi connectivity index (χ1) is 1.73. The average molecular weight is 149 g/mol. The summed E-state index contributed by atoms with van der Waals surface area (Å²) >= 11 is -4.20. The molecule has 0 aliphatic rings. The first-order valence-electron chi connectivity index (χ1n) is 0.548. The maximum atomic E-state index is 8.60. The van der Waals surface area contributed by atoms with Crippen molar-refractivity contribution in [3.63, 3.8) is 0 Å². The summed E-state index contributed by atoms with van der Waals surface area (Å²) in [6.07, 6.45) is 0. The summed E-state index contributed by atoms with van der Waals surface area (Å²) in [5, 5.41) is 0. The molecule has 0 spiro atoms. The third-order valence-corrected chi connectivity index (χ3v) is 0. The van der Waals surface area contributed by atoms with Gasteiger partial charge in [0.1, 0.15) is 0 Å². The van der Waals surface area contributed by atoms with Crippen LogP contribution in [0.3, 0.4) is 0 Å². The molecule has 0 rings (SSSR count). The predicted molar refractivity (Wildman–Crippen MR) is 9.21 cm³/mol. The van der Waals surface area contributed by atoms with Crippen LogP contribution in [0.2, 0.25) is 0 Å². The molecule has 5 heteroatoms. The molecule has 0 atom stereocenters. The van der Waals surface area contributed by atoms with Gasteiger partial charge in [-0.2, -0.15) is 0 Å². The standard InChI is InChI=1S/Li.Nb.3O.H. The zero-order valence-electron chi connectivity index (χ0n) is 1.67. The van der Waals surface area contributed by atoms with E-state index < -0.39 is 18.4 Å². The summed E-state index contributed by atoms with van der Waals surface area (Å²) in [4.78, 5) is 0. The molecule has 25 valence electrons. The Morgan fingerprint density at radius 1 is 1.00 bits per heavy atom. The molecule has 0 heterocycles. The molecule has 0 unspecified atom stereocenters. The van der Waals surface area contributed by atoms with E-state index in [-0.39, 0.29) is 18.9 Å². The molecule has 0 aliphatic carbocycles. The van der Waals surface area contributed by atoms with E-state index in [0.717, 1.165) is 0 Å². The van der Waals surface area contributed by atoms with Crippen molar-refractivity contribution in [2.75, 3.05) is 0 Å². The third kappa shape index (κ3) is 65.3. The first kappa shape index (κ1) is 9.22. The zero-order valence-corrected chi connectivity index (χ0v) is 3.87. The fourth-order valence-electron chi connectivity index (χ4n) is 0. The molecule has 0 radical (unpaired) electrons. The molecule has 0 N–H and O–H groups in total. The van der Waals surface area contributed by atoms with Crippen molar-refractivity contribution in [3.05, 3.63) is 0 Å². The van der Waals surface area contributed by atoms with Crippen LogP contribution in [0.4, 0.5) is 0 Å². The Hall–Kier alpha value is 0.738. The van der Waals surface area contributed by atoms with Crippen molar-refractivity contribution < 1.29 is 28.1 Å². The Balaban J connectivity index is 0. The molecule has 0 saturated carbocycles. The molecule has 0 amide bonds. The number of hydrogen-bond donors (Lipinski definition) is 0. The third-order valence-electron chi connectivity index (χ3n) is 0. The predicted octanol–water partition coefficient (Wildman–Crippen LogP) is -1.01. The molecule has 0 aromatic heterocycles. The van der Waals surface area contributed by atoms with Crippen LogP contribution < -0.4 is 0 Å². The van der Waals surface area contributed by atoms with E-state index in [2.05, 4.69) is 0 Å². The Morgan fingerprint density at radius 3 is 1.00 bits per heavy atom. The number of rotatable bonds is 0. The van der Waals surface area contributed by atoms with Crippen LogP contribution in [0.1, 0.15) is 0 Å². The molecule has 5 heavy (non-hydrogen) atoms. The van der Waals surface area contributed by atoms with Gasteiger partial charge in [-0.25, -0.2) is 0 Å². The van der Waals surface area contributed by atoms with Crippen LogP contribution in [0.5, 0.6) is 0 Å². The maximum absolute atomic E-state index is 8.60. The summed E-state index contributed by atoms with van der Waals surface area (Å²) in [5.74, 6) is 0. The second-order valence-corrected chi connectivity index (χ2v) is 1.32. The van der Waals surface area contributed by atoms with E-state index in [1.807, 2.05) is 0 Å². The monoisotopic (exact) mass is 149 g/mol. The fraction of sp³-hybridized carbons (Fsp3) is 0. The first-order valence-corrected chi connectivity index (χ1v) is 3.24. The summed E-state index contributed by atoms with van der Waals surface area (Å²) in [5.41, 5.74) is 0. The van der Waals surface area contributed by atoms with Crippen molar-refractivity contribution >= 4 is 18.9 Å². The van der Waals surface area contributed by atoms with E-state index in [0.29, 0.717) is 0 Å². The van der Waals surface area contributed by atoms with Gasteiger partial charge in [0.25, 0.3) is 0 Å². The Bertz CT molecular complexity index is 76.3. The van der Waals surface area contributed by atoms with Gasteiger partial charge in [0.05, 0.1) is 0 Å². The van der Waals surface area contributed by atoms with Crippen LogP contribution in [0.15, 0.2) is 0 Å². The normalized spacial score (nSPS) is 4.80. The molecule has 0 saturated heterocycles. The molecular weight excluding hydrogens is 148 g/mol. The van der Waals surface area contributed by atoms with Gasteiger partial charge in [0.2, 0.25) is 0 Å². The fourth-order valence-corrected chi connectivity index (χ4v) is 0. The topological polar surface area (TPSA) is 51.2 Å². The summed E-state index contributed by atoms with van der Waals surface area (Å²) in [6.45, 7) is 0. The van der Waals surface area contributed by atoms with Crippen LogP contribution in [0, 0.1) is 0 Å². The molecule has 3 nitrogen and oxygen atoms in total. The van der Waals surface area contributed by atoms with Crippen LogP contribution in [-0.2, 0) is 28.1 Å². The van der Waals surface area contributed by atoms with Gasteiger partial charge >= 0.3 is 47.0 Å². The second kappa shape index (κ2) is 4.74. The molecule has 0 aromatic carbocycles. The van der Waals surface area contributed by atoms with Gasteiger partial charge < -0.3 is 0 Å². The summed E-state index contributed by atoms with van der Waals surface area (Å²) < 4.78 is 25.8. The minimum absolute atomic E-state index is 0. The zero-order chi connectivity index (χ0) is 3.58. The van der Waals surface area contributed by atoms with Gasteiger partial charge in [0, 0.05) is 0 Å². The van der Waals surface area contributed by atoms with Gasteiger partial charge in [-0.3, -0.25) is 0 Å². The quantitative estimate of drug-likeness (QED) is 0.414. The average Bonchev–Trinajstić information content (AvgIpc) is 0.811. The van der Waals surface area contributed by atoms with Gasteiger partial charge in [-0.05, 0) is 0 Å². The Labute approximate surface area is 47.0 Å². The second-order valence-electron chi connectivity index (χ2n) is 0.224. The van der Waals surface area contributed by atoms with Crippen molar-refractivity contribution in [2.45, 2.75) is 0 Å². The SMILES string of the molecule is [LiH].[O]=[Nb](=[O])=[O]. The summed E-state index contributed by atoms with van der Waals surface area (Å²) in [6, 6.07) is 0. The van der Waals surface area contributed by atoms with E-state index in [1.54, 1.807) is 0 Å². The van der Waals surface area contributed by atoms with Gasteiger partial charge in [-0.15, -0.1) is 0 Å². The molecule has 0 aliphatic heterocycles. The van der Waals surface area contributed by atoms with Crippen molar-refractivity contribution in [3.8, 4) is 0 Å². The minimum atomic E-state index is -4.20. The molecular formula is HLiNbO3. The van der Waals surface area contributed by atoms with E-state index in [1.165, 1.54) is 0 Å². The van der Waals surface area contributed by atoms with Crippen molar-refractivity contribution in [1.29, 1.82) is 0 Å². The molecule has 0 fully saturated rings. The Kier molecular flexibility index (Phi) is 8.73. The Morgan fingerprint density at radius 2 is 1.00 bits per heavy atom. The van der Waals surface area contributed by atoms with Crippen molar-refractivity contribution in [2.24, 2.45) is 0 Å². The van der Waals surface area contributed by atoms with E-state index >= 15 is 0 Å². The van der Waals surface area contributed by atoms with Gasteiger partial charge in [0.15, 0.2) is 0 Å².